The molecule has 0 amide bonds. The van der Waals surface area contributed by atoms with Crippen molar-refractivity contribution < 1.29 is 0 Å². The summed E-state index contributed by atoms with van der Waals surface area (Å²) in [6, 6.07) is 7.44. The van der Waals surface area contributed by atoms with E-state index in [1.807, 2.05) is 40.6 Å². The van der Waals surface area contributed by atoms with Crippen LogP contribution in [0, 0.1) is 0 Å². The maximum absolute atomic E-state index is 11.6. The van der Waals surface area contributed by atoms with Crippen molar-refractivity contribution in [1.29, 1.82) is 0 Å². The first-order valence-corrected chi connectivity index (χ1v) is 5.21. The van der Waals surface area contributed by atoms with Crippen LogP contribution in [0.25, 0.3) is 17.1 Å². The minimum atomic E-state index is 0.0917. The third-order valence-electron chi connectivity index (χ3n) is 2.33. The van der Waals surface area contributed by atoms with E-state index in [9.17, 15) is 4.79 Å². The fourth-order valence-electron chi connectivity index (χ4n) is 1.69. The molecular weight excluding hydrogens is 194 g/mol. The van der Waals surface area contributed by atoms with Gasteiger partial charge in [-0.25, -0.2) is 0 Å². The largest absolute Gasteiger partial charge is 0.321 e. The van der Waals surface area contributed by atoms with Gasteiger partial charge in [-0.3, -0.25) is 4.79 Å². The second kappa shape index (κ2) is 2.75. The number of pyridine rings is 1. The van der Waals surface area contributed by atoms with Gasteiger partial charge >= 0.3 is 0 Å². The first-order valence-electron chi connectivity index (χ1n) is 4.33. The topological polar surface area (TPSA) is 22.0 Å². The Balaban J connectivity index is 2.63. The lowest BCUT2D eigenvalue weighted by Crippen LogP contribution is -2.06. The van der Waals surface area contributed by atoms with Crippen LogP contribution in [-0.2, 0) is 0 Å². The summed E-state index contributed by atoms with van der Waals surface area (Å²) in [5, 5.41) is 2.81. The summed E-state index contributed by atoms with van der Waals surface area (Å²) in [7, 11) is 0. The normalized spacial score (nSPS) is 13.4. The van der Waals surface area contributed by atoms with Gasteiger partial charge in [0.2, 0.25) is 0 Å². The summed E-state index contributed by atoms with van der Waals surface area (Å²) in [5.41, 5.74) is 1.11. The average molecular weight is 201 g/mol. The molecule has 0 saturated carbocycles. The van der Waals surface area contributed by atoms with Crippen molar-refractivity contribution >= 4 is 28.9 Å². The lowest BCUT2D eigenvalue weighted by atomic mass is 10.2. The van der Waals surface area contributed by atoms with Crippen LogP contribution in [0.2, 0.25) is 0 Å². The molecule has 0 N–H and O–H groups in total. The molecule has 1 aliphatic rings. The van der Waals surface area contributed by atoms with E-state index in [1.54, 1.807) is 17.8 Å². The molecule has 0 radical (unpaired) electrons. The molecule has 2 aromatic rings. The zero-order valence-electron chi connectivity index (χ0n) is 7.31. The zero-order valence-corrected chi connectivity index (χ0v) is 8.12. The van der Waals surface area contributed by atoms with Crippen LogP contribution in [0.3, 0.4) is 0 Å². The molecule has 1 aromatic carbocycles. The van der Waals surface area contributed by atoms with E-state index in [2.05, 4.69) is 0 Å². The van der Waals surface area contributed by atoms with E-state index in [4.69, 9.17) is 0 Å². The number of aromatic nitrogens is 1. The van der Waals surface area contributed by atoms with Gasteiger partial charge < -0.3 is 4.57 Å². The number of benzene rings is 1. The Morgan fingerprint density at radius 1 is 1.21 bits per heavy atom. The lowest BCUT2D eigenvalue weighted by Gasteiger charge is -2.12. The fraction of sp³-hybridized carbons (Fsp3) is 0. The molecule has 1 aliphatic heterocycles. The predicted octanol–water partition coefficient (Wildman–Crippen LogP) is 2.54. The highest BCUT2D eigenvalue weighted by Gasteiger charge is 2.08. The van der Waals surface area contributed by atoms with Gasteiger partial charge in [0.05, 0.1) is 5.52 Å². The fourth-order valence-corrected chi connectivity index (χ4v) is 2.51. The van der Waals surface area contributed by atoms with Crippen LogP contribution in [0.15, 0.2) is 45.6 Å². The third kappa shape index (κ3) is 0.960. The first kappa shape index (κ1) is 7.88. The zero-order chi connectivity index (χ0) is 9.54. The van der Waals surface area contributed by atoms with Gasteiger partial charge in [-0.15, -0.1) is 0 Å². The van der Waals surface area contributed by atoms with E-state index in [0.29, 0.717) is 0 Å². The smallest absolute Gasteiger partial charge is 0.189 e. The summed E-state index contributed by atoms with van der Waals surface area (Å²) < 4.78 is 1.99. The van der Waals surface area contributed by atoms with E-state index >= 15 is 0 Å². The SMILES string of the molecule is O=c1ccn2c3c(cccc13)SC=C2. The lowest BCUT2D eigenvalue weighted by molar-refractivity contribution is 1.16. The van der Waals surface area contributed by atoms with Crippen LogP contribution in [0.4, 0.5) is 0 Å². The number of hydrogen-bond acceptors (Lipinski definition) is 2. The van der Waals surface area contributed by atoms with Crippen LogP contribution in [0.5, 0.6) is 0 Å². The summed E-state index contributed by atoms with van der Waals surface area (Å²) in [5.74, 6) is 0. The molecule has 68 valence electrons. The Bertz CT molecular complexity index is 598. The molecule has 0 fully saturated rings. The number of thioether (sulfide) groups is 1. The molecule has 0 unspecified atom stereocenters. The molecule has 0 aliphatic carbocycles. The quantitative estimate of drug-likeness (QED) is 0.653. The Labute approximate surface area is 84.9 Å². The number of rotatable bonds is 0. The highest BCUT2D eigenvalue weighted by molar-refractivity contribution is 8.02. The van der Waals surface area contributed by atoms with Gasteiger partial charge in [0.25, 0.3) is 0 Å². The summed E-state index contributed by atoms with van der Waals surface area (Å²) >= 11 is 1.65. The predicted molar refractivity (Wildman–Crippen MR) is 59.4 cm³/mol. The molecule has 3 heteroatoms. The molecule has 0 atom stereocenters. The minimum Gasteiger partial charge on any atom is -0.321 e. The molecule has 2 heterocycles. The van der Waals surface area contributed by atoms with Crippen molar-refractivity contribution in [3.05, 3.63) is 46.1 Å². The van der Waals surface area contributed by atoms with E-state index in [1.165, 1.54) is 0 Å². The van der Waals surface area contributed by atoms with Crippen LogP contribution in [0.1, 0.15) is 0 Å². The van der Waals surface area contributed by atoms with Gasteiger partial charge in [-0.2, -0.15) is 0 Å². The van der Waals surface area contributed by atoms with Crippen LogP contribution < -0.4 is 5.43 Å². The first-order chi connectivity index (χ1) is 6.86. The Morgan fingerprint density at radius 3 is 3.07 bits per heavy atom. The number of para-hydroxylation sites is 1. The van der Waals surface area contributed by atoms with E-state index in [0.717, 1.165) is 15.8 Å². The van der Waals surface area contributed by atoms with Crippen molar-refractivity contribution in [2.75, 3.05) is 0 Å². The highest BCUT2D eigenvalue weighted by atomic mass is 32.2. The monoisotopic (exact) mass is 201 g/mol. The van der Waals surface area contributed by atoms with Gasteiger partial charge in [-0.1, -0.05) is 17.8 Å². The van der Waals surface area contributed by atoms with E-state index in [-0.39, 0.29) is 5.43 Å². The Morgan fingerprint density at radius 2 is 2.14 bits per heavy atom. The standard InChI is InChI=1S/C11H7NOS/c13-9-4-5-12-6-7-14-10-3-1-2-8(9)11(10)12/h1-7H. The molecule has 0 saturated heterocycles. The molecule has 1 aromatic heterocycles. The second-order valence-corrected chi connectivity index (χ2v) is 4.09. The maximum Gasteiger partial charge on any atom is 0.189 e. The van der Waals surface area contributed by atoms with Crippen molar-refractivity contribution in [3.8, 4) is 0 Å². The molecule has 0 spiro atoms. The molecule has 14 heavy (non-hydrogen) atoms. The van der Waals surface area contributed by atoms with Crippen molar-refractivity contribution in [3.63, 3.8) is 0 Å². The van der Waals surface area contributed by atoms with Crippen molar-refractivity contribution in [2.45, 2.75) is 4.90 Å². The van der Waals surface area contributed by atoms with Gasteiger partial charge in [0.15, 0.2) is 5.43 Å². The Hall–Kier alpha value is -1.48. The molecular formula is C11H7NOS. The molecule has 2 nitrogen and oxygen atoms in total. The second-order valence-electron chi connectivity index (χ2n) is 3.14. The van der Waals surface area contributed by atoms with Crippen molar-refractivity contribution in [1.82, 2.24) is 4.57 Å². The summed E-state index contributed by atoms with van der Waals surface area (Å²) in [4.78, 5) is 12.7. The van der Waals surface area contributed by atoms with Gasteiger partial charge in [0.1, 0.15) is 0 Å². The van der Waals surface area contributed by atoms with Gasteiger partial charge in [0, 0.05) is 28.7 Å². The average Bonchev–Trinajstić information content (AvgIpc) is 2.24. The minimum absolute atomic E-state index is 0.0917. The summed E-state index contributed by atoms with van der Waals surface area (Å²) in [6.45, 7) is 0. The number of hydrogen-bond donors (Lipinski definition) is 0. The highest BCUT2D eigenvalue weighted by Crippen LogP contribution is 2.30. The molecule has 3 rings (SSSR count). The van der Waals surface area contributed by atoms with Crippen LogP contribution in [-0.4, -0.2) is 4.57 Å². The van der Waals surface area contributed by atoms with Gasteiger partial charge in [-0.05, 0) is 17.5 Å². The molecule has 0 bridgehead atoms. The van der Waals surface area contributed by atoms with E-state index < -0.39 is 0 Å². The van der Waals surface area contributed by atoms with Crippen molar-refractivity contribution in [2.24, 2.45) is 0 Å². The maximum atomic E-state index is 11.6. The Kier molecular flexibility index (Phi) is 1.55. The van der Waals surface area contributed by atoms with Crippen LogP contribution >= 0.6 is 11.8 Å². The third-order valence-corrected chi connectivity index (χ3v) is 3.17. The number of nitrogens with zero attached hydrogens (tertiary/aromatic N) is 1. The summed E-state index contributed by atoms with van der Waals surface area (Å²) in [6.07, 6.45) is 3.78.